The van der Waals surface area contributed by atoms with E-state index in [0.717, 1.165) is 24.4 Å². The lowest BCUT2D eigenvalue weighted by Gasteiger charge is -2.06. The zero-order valence-corrected chi connectivity index (χ0v) is 13.5. The minimum absolute atomic E-state index is 0.0730. The van der Waals surface area contributed by atoms with Crippen molar-refractivity contribution in [1.82, 2.24) is 4.98 Å². The largest absolute Gasteiger partial charge is 0.462 e. The average molecular weight is 366 g/mol. The lowest BCUT2D eigenvalue weighted by atomic mass is 10.1. The number of hydrogen-bond acceptors (Lipinski definition) is 5. The molecule has 1 heterocycles. The minimum atomic E-state index is -4.43. The van der Waals surface area contributed by atoms with E-state index in [1.807, 2.05) is 0 Å². The highest BCUT2D eigenvalue weighted by Gasteiger charge is 2.29. The summed E-state index contributed by atoms with van der Waals surface area (Å²) < 4.78 is 42.5. The Balaban J connectivity index is 2.34. The second kappa shape index (κ2) is 7.77. The van der Waals surface area contributed by atoms with Crippen LogP contribution >= 0.6 is 0 Å². The molecule has 0 atom stereocenters. The van der Waals surface area contributed by atoms with E-state index in [9.17, 15) is 28.1 Å². The molecule has 136 valence electrons. The third-order valence-corrected chi connectivity index (χ3v) is 3.28. The van der Waals surface area contributed by atoms with E-state index >= 15 is 0 Å². The number of ether oxygens (including phenoxy) is 1. The van der Waals surface area contributed by atoms with Crippen molar-refractivity contribution in [3.05, 3.63) is 69.0 Å². The number of carbonyl (C=O) groups is 1. The zero-order chi connectivity index (χ0) is 19.3. The number of aromatic nitrogens is 1. The zero-order valence-electron chi connectivity index (χ0n) is 13.5. The van der Waals surface area contributed by atoms with Crippen LogP contribution in [0.15, 0.2) is 36.5 Å². The van der Waals surface area contributed by atoms with Crippen LogP contribution in [0, 0.1) is 10.1 Å². The maximum Gasteiger partial charge on any atom is 0.416 e. The van der Waals surface area contributed by atoms with Crippen LogP contribution in [0.3, 0.4) is 0 Å². The Labute approximate surface area is 146 Å². The normalized spacial score (nSPS) is 11.5. The van der Waals surface area contributed by atoms with E-state index in [1.54, 1.807) is 6.92 Å². The number of nitro groups is 1. The third-order valence-electron chi connectivity index (χ3n) is 3.28. The van der Waals surface area contributed by atoms with Crippen molar-refractivity contribution >= 4 is 23.8 Å². The minimum Gasteiger partial charge on any atom is -0.462 e. The van der Waals surface area contributed by atoms with Crippen LogP contribution in [0.25, 0.3) is 12.2 Å². The molecule has 6 nitrogen and oxygen atoms in total. The summed E-state index contributed by atoms with van der Waals surface area (Å²) >= 11 is 0. The number of hydrogen-bond donors (Lipinski definition) is 0. The van der Waals surface area contributed by atoms with Crippen LogP contribution < -0.4 is 0 Å². The summed E-state index contributed by atoms with van der Waals surface area (Å²) in [5, 5.41) is 10.8. The summed E-state index contributed by atoms with van der Waals surface area (Å²) in [6, 6.07) is 5.41. The third kappa shape index (κ3) is 4.65. The van der Waals surface area contributed by atoms with Crippen molar-refractivity contribution in [2.45, 2.75) is 13.1 Å². The fourth-order valence-electron chi connectivity index (χ4n) is 2.03. The van der Waals surface area contributed by atoms with E-state index in [2.05, 4.69) is 4.98 Å². The Morgan fingerprint density at radius 1 is 1.27 bits per heavy atom. The van der Waals surface area contributed by atoms with Crippen molar-refractivity contribution in [3.63, 3.8) is 0 Å². The molecule has 1 aromatic carbocycles. The van der Waals surface area contributed by atoms with Gasteiger partial charge in [-0.3, -0.25) is 10.1 Å². The van der Waals surface area contributed by atoms with Crippen LogP contribution in [0.5, 0.6) is 0 Å². The molecular weight excluding hydrogens is 353 g/mol. The van der Waals surface area contributed by atoms with Gasteiger partial charge >= 0.3 is 12.1 Å². The number of carbonyl (C=O) groups excluding carboxylic acids is 1. The lowest BCUT2D eigenvalue weighted by molar-refractivity contribution is -0.385. The van der Waals surface area contributed by atoms with E-state index < -0.39 is 22.6 Å². The molecule has 0 unspecified atom stereocenters. The first-order valence-electron chi connectivity index (χ1n) is 7.39. The van der Waals surface area contributed by atoms with Crippen molar-refractivity contribution in [1.29, 1.82) is 0 Å². The molecule has 0 N–H and O–H groups in total. The van der Waals surface area contributed by atoms with Gasteiger partial charge in [0, 0.05) is 6.07 Å². The fourth-order valence-corrected chi connectivity index (χ4v) is 2.03. The van der Waals surface area contributed by atoms with Crippen LogP contribution in [-0.4, -0.2) is 22.5 Å². The molecule has 0 saturated carbocycles. The van der Waals surface area contributed by atoms with Gasteiger partial charge in [0.25, 0.3) is 5.69 Å². The Morgan fingerprint density at radius 2 is 1.92 bits per heavy atom. The van der Waals surface area contributed by atoms with Crippen molar-refractivity contribution in [2.75, 3.05) is 6.61 Å². The molecule has 2 aromatic rings. The number of halogens is 3. The molecule has 0 fully saturated rings. The highest BCUT2D eigenvalue weighted by molar-refractivity contribution is 5.94. The van der Waals surface area contributed by atoms with Gasteiger partial charge in [0.1, 0.15) is 6.20 Å². The number of benzene rings is 1. The maximum absolute atomic E-state index is 12.6. The Morgan fingerprint density at radius 3 is 2.46 bits per heavy atom. The van der Waals surface area contributed by atoms with Crippen LogP contribution in [0.4, 0.5) is 18.9 Å². The number of alkyl halides is 3. The summed E-state index contributed by atoms with van der Waals surface area (Å²) in [6.07, 6.45) is -0.635. The Kier molecular flexibility index (Phi) is 5.71. The first kappa shape index (κ1) is 19.1. The van der Waals surface area contributed by atoms with E-state index in [1.165, 1.54) is 24.3 Å². The summed E-state index contributed by atoms with van der Waals surface area (Å²) in [4.78, 5) is 26.0. The second-order valence-corrected chi connectivity index (χ2v) is 5.06. The average Bonchev–Trinajstić information content (AvgIpc) is 2.59. The predicted molar refractivity (Wildman–Crippen MR) is 87.2 cm³/mol. The molecule has 2 rings (SSSR count). The molecule has 0 bridgehead atoms. The number of nitrogens with zero attached hydrogens (tertiary/aromatic N) is 2. The van der Waals surface area contributed by atoms with Gasteiger partial charge in [0.05, 0.1) is 28.4 Å². The second-order valence-electron chi connectivity index (χ2n) is 5.06. The van der Waals surface area contributed by atoms with Gasteiger partial charge in [-0.1, -0.05) is 18.2 Å². The van der Waals surface area contributed by atoms with Gasteiger partial charge in [0.2, 0.25) is 0 Å². The van der Waals surface area contributed by atoms with E-state index in [0.29, 0.717) is 5.56 Å². The SMILES string of the molecule is CCOC(=O)c1cc([N+](=O)[O-])cnc1/C=C/c1ccc(C(F)(F)F)cc1. The quantitative estimate of drug-likeness (QED) is 0.446. The lowest BCUT2D eigenvalue weighted by Crippen LogP contribution is -2.08. The fraction of sp³-hybridized carbons (Fsp3) is 0.176. The van der Waals surface area contributed by atoms with Crippen molar-refractivity contribution in [2.24, 2.45) is 0 Å². The molecule has 0 radical (unpaired) electrons. The van der Waals surface area contributed by atoms with Crippen LogP contribution in [0.1, 0.15) is 34.1 Å². The Hall–Kier alpha value is -3.23. The highest BCUT2D eigenvalue weighted by atomic mass is 19.4. The molecule has 1 aromatic heterocycles. The van der Waals surface area contributed by atoms with Gasteiger partial charge in [-0.25, -0.2) is 9.78 Å². The molecule has 0 amide bonds. The van der Waals surface area contributed by atoms with Gasteiger partial charge in [0.15, 0.2) is 0 Å². The standard InChI is InChI=1S/C17H13F3N2O4/c1-2-26-16(23)14-9-13(22(24)25)10-21-15(14)8-5-11-3-6-12(7-4-11)17(18,19)20/h3-10H,2H2,1H3/b8-5+. The van der Waals surface area contributed by atoms with Crippen LogP contribution in [0.2, 0.25) is 0 Å². The molecule has 9 heteroatoms. The smallest absolute Gasteiger partial charge is 0.416 e. The molecule has 0 saturated heterocycles. The number of rotatable bonds is 5. The molecule has 0 aliphatic heterocycles. The Bertz CT molecular complexity index is 846. The van der Waals surface area contributed by atoms with E-state index in [-0.39, 0.29) is 23.6 Å². The highest BCUT2D eigenvalue weighted by Crippen LogP contribution is 2.29. The summed E-state index contributed by atoms with van der Waals surface area (Å²) in [7, 11) is 0. The number of pyridine rings is 1. The first-order chi connectivity index (χ1) is 12.2. The van der Waals surface area contributed by atoms with Gasteiger partial charge < -0.3 is 4.74 Å². The molecule has 0 aliphatic rings. The van der Waals surface area contributed by atoms with Crippen molar-refractivity contribution < 1.29 is 27.6 Å². The monoisotopic (exact) mass is 366 g/mol. The summed E-state index contributed by atoms with van der Waals surface area (Å²) in [6.45, 7) is 1.66. The predicted octanol–water partition coefficient (Wildman–Crippen LogP) is 4.36. The molecule has 0 aliphatic carbocycles. The van der Waals surface area contributed by atoms with Gasteiger partial charge in [-0.2, -0.15) is 13.2 Å². The summed E-state index contributed by atoms with van der Waals surface area (Å²) in [5.74, 6) is -0.782. The van der Waals surface area contributed by atoms with Gasteiger partial charge in [-0.15, -0.1) is 0 Å². The summed E-state index contributed by atoms with van der Waals surface area (Å²) in [5.41, 5.74) is -0.721. The molecular formula is C17H13F3N2O4. The topological polar surface area (TPSA) is 82.3 Å². The number of esters is 1. The van der Waals surface area contributed by atoms with Gasteiger partial charge in [-0.05, 0) is 30.7 Å². The first-order valence-corrected chi connectivity index (χ1v) is 7.39. The van der Waals surface area contributed by atoms with E-state index in [4.69, 9.17) is 4.74 Å². The van der Waals surface area contributed by atoms with Crippen LogP contribution in [-0.2, 0) is 10.9 Å². The molecule has 26 heavy (non-hydrogen) atoms. The maximum atomic E-state index is 12.6. The molecule has 0 spiro atoms. The van der Waals surface area contributed by atoms with Crippen molar-refractivity contribution in [3.8, 4) is 0 Å².